The Kier molecular flexibility index (Phi) is 8.70. The van der Waals surface area contributed by atoms with Crippen LogP contribution in [0.3, 0.4) is 0 Å². The molecule has 0 saturated heterocycles. The van der Waals surface area contributed by atoms with Gasteiger partial charge in [-0.2, -0.15) is 0 Å². The number of carbonyl (C=O) groups is 1. The Balaban J connectivity index is 1.68. The lowest BCUT2D eigenvalue weighted by Crippen LogP contribution is -1.98. The maximum atomic E-state index is 10.9. The minimum Gasteiger partial charge on any atom is -0.494 e. The van der Waals surface area contributed by atoms with Crippen LogP contribution in [-0.2, 0) is 6.42 Å². The number of unbranched alkanes of at least 4 members (excludes halogenated alkanes) is 5. The monoisotopic (exact) mass is 356 g/mol. The van der Waals surface area contributed by atoms with Crippen LogP contribution in [-0.4, -0.2) is 29.4 Å². The summed E-state index contributed by atoms with van der Waals surface area (Å²) in [6, 6.07) is 15.1. The van der Waals surface area contributed by atoms with Crippen molar-refractivity contribution in [3.05, 3.63) is 65.2 Å². The highest BCUT2D eigenvalue weighted by Crippen LogP contribution is 2.16. The molecule has 2 aromatic rings. The molecule has 0 amide bonds. The number of ether oxygens (including phenoxy) is 1. The molecule has 0 aromatic heterocycles. The SMILES string of the molecule is O=C(O)c1ccc(Cc2ccc(OCCCCCCCCO)cc2)cc1. The predicted molar refractivity (Wildman–Crippen MR) is 103 cm³/mol. The Bertz CT molecular complexity index is 647. The third-order valence-corrected chi connectivity index (χ3v) is 4.35. The summed E-state index contributed by atoms with van der Waals surface area (Å²) in [4.78, 5) is 10.9. The predicted octanol–water partition coefficient (Wildman–Crippen LogP) is 4.69. The highest BCUT2D eigenvalue weighted by molar-refractivity contribution is 5.87. The van der Waals surface area contributed by atoms with E-state index < -0.39 is 5.97 Å². The second-order valence-electron chi connectivity index (χ2n) is 6.52. The fraction of sp³-hybridized carbons (Fsp3) is 0.409. The third kappa shape index (κ3) is 7.28. The number of aliphatic hydroxyl groups excluding tert-OH is 1. The average Bonchev–Trinajstić information content (AvgIpc) is 2.65. The van der Waals surface area contributed by atoms with Gasteiger partial charge in [0.1, 0.15) is 5.75 Å². The standard InChI is InChI=1S/C22H28O4/c23-15-5-3-1-2-4-6-16-26-21-13-9-19(10-14-21)17-18-7-11-20(12-8-18)22(24)25/h7-14,23H,1-6,15-17H2,(H,24,25). The fourth-order valence-electron chi connectivity index (χ4n) is 2.82. The summed E-state index contributed by atoms with van der Waals surface area (Å²) >= 11 is 0. The lowest BCUT2D eigenvalue weighted by molar-refractivity contribution is 0.0697. The molecule has 2 aromatic carbocycles. The van der Waals surface area contributed by atoms with Gasteiger partial charge in [0.05, 0.1) is 12.2 Å². The molecular weight excluding hydrogens is 328 g/mol. The molecular formula is C22H28O4. The quantitative estimate of drug-likeness (QED) is 0.542. The van der Waals surface area contributed by atoms with Gasteiger partial charge in [-0.3, -0.25) is 0 Å². The van der Waals surface area contributed by atoms with Gasteiger partial charge in [0.25, 0.3) is 0 Å². The summed E-state index contributed by atoms with van der Waals surface area (Å²) < 4.78 is 5.78. The minimum atomic E-state index is -0.900. The van der Waals surface area contributed by atoms with Crippen LogP contribution in [0.4, 0.5) is 0 Å². The summed E-state index contributed by atoms with van der Waals surface area (Å²) in [6.07, 6.45) is 7.39. The molecule has 2 rings (SSSR count). The summed E-state index contributed by atoms with van der Waals surface area (Å²) in [5, 5.41) is 17.7. The molecule has 0 spiro atoms. The third-order valence-electron chi connectivity index (χ3n) is 4.35. The van der Waals surface area contributed by atoms with Gasteiger partial charge in [-0.25, -0.2) is 4.79 Å². The average molecular weight is 356 g/mol. The number of carboxylic acids is 1. The molecule has 4 heteroatoms. The normalized spacial score (nSPS) is 10.7. The molecule has 0 fully saturated rings. The zero-order valence-electron chi connectivity index (χ0n) is 15.2. The van der Waals surface area contributed by atoms with Crippen molar-refractivity contribution in [1.82, 2.24) is 0 Å². The summed E-state index contributed by atoms with van der Waals surface area (Å²) in [6.45, 7) is 1.03. The number of aromatic carboxylic acids is 1. The molecule has 140 valence electrons. The second-order valence-corrected chi connectivity index (χ2v) is 6.52. The Labute approximate surface area is 155 Å². The Morgan fingerprint density at radius 2 is 1.31 bits per heavy atom. The second kappa shape index (κ2) is 11.3. The molecule has 0 radical (unpaired) electrons. The van der Waals surface area contributed by atoms with E-state index in [0.717, 1.165) is 50.0 Å². The van der Waals surface area contributed by atoms with Crippen LogP contribution in [0.15, 0.2) is 48.5 Å². The van der Waals surface area contributed by atoms with Crippen LogP contribution in [0.5, 0.6) is 5.75 Å². The summed E-state index contributed by atoms with van der Waals surface area (Å²) in [7, 11) is 0. The van der Waals surface area contributed by atoms with E-state index in [1.165, 1.54) is 18.4 Å². The molecule has 4 nitrogen and oxygen atoms in total. The van der Waals surface area contributed by atoms with Crippen molar-refractivity contribution in [3.63, 3.8) is 0 Å². The lowest BCUT2D eigenvalue weighted by atomic mass is 10.0. The molecule has 0 aliphatic rings. The minimum absolute atomic E-state index is 0.298. The highest BCUT2D eigenvalue weighted by Gasteiger charge is 2.03. The first-order valence-electron chi connectivity index (χ1n) is 9.34. The van der Waals surface area contributed by atoms with E-state index in [9.17, 15) is 4.79 Å². The number of carboxylic acid groups (broad SMARTS) is 1. The van der Waals surface area contributed by atoms with Crippen LogP contribution >= 0.6 is 0 Å². The van der Waals surface area contributed by atoms with Crippen molar-refractivity contribution in [3.8, 4) is 5.75 Å². The first kappa shape index (κ1) is 20.0. The number of aliphatic hydroxyl groups is 1. The molecule has 0 aliphatic heterocycles. The van der Waals surface area contributed by atoms with Gasteiger partial charge in [0.2, 0.25) is 0 Å². The number of hydrogen-bond donors (Lipinski definition) is 2. The summed E-state index contributed by atoms with van der Waals surface area (Å²) in [5.41, 5.74) is 2.57. The zero-order valence-corrected chi connectivity index (χ0v) is 15.2. The first-order chi connectivity index (χ1) is 12.7. The van der Waals surface area contributed by atoms with Crippen LogP contribution in [0.2, 0.25) is 0 Å². The number of hydrogen-bond acceptors (Lipinski definition) is 3. The van der Waals surface area contributed by atoms with Gasteiger partial charge >= 0.3 is 5.97 Å². The van der Waals surface area contributed by atoms with Gasteiger partial charge in [-0.15, -0.1) is 0 Å². The molecule has 0 bridgehead atoms. The fourth-order valence-corrected chi connectivity index (χ4v) is 2.82. The topological polar surface area (TPSA) is 66.8 Å². The van der Waals surface area contributed by atoms with Gasteiger partial charge in [-0.05, 0) is 54.7 Å². The number of benzene rings is 2. The van der Waals surface area contributed by atoms with Crippen molar-refractivity contribution in [2.75, 3.05) is 13.2 Å². The molecule has 0 unspecified atom stereocenters. The van der Waals surface area contributed by atoms with Crippen molar-refractivity contribution >= 4 is 5.97 Å². The van der Waals surface area contributed by atoms with Crippen LogP contribution in [0.25, 0.3) is 0 Å². The lowest BCUT2D eigenvalue weighted by Gasteiger charge is -2.08. The molecule has 0 aliphatic carbocycles. The van der Waals surface area contributed by atoms with Crippen molar-refractivity contribution < 1.29 is 19.7 Å². The maximum absolute atomic E-state index is 10.9. The van der Waals surface area contributed by atoms with Gasteiger partial charge in [0.15, 0.2) is 0 Å². The first-order valence-corrected chi connectivity index (χ1v) is 9.34. The zero-order chi connectivity index (χ0) is 18.6. The molecule has 2 N–H and O–H groups in total. The Morgan fingerprint density at radius 1 is 0.769 bits per heavy atom. The van der Waals surface area contributed by atoms with Crippen LogP contribution < -0.4 is 4.74 Å². The summed E-state index contributed by atoms with van der Waals surface area (Å²) in [5.74, 6) is -0.0153. The largest absolute Gasteiger partial charge is 0.494 e. The molecule has 0 saturated carbocycles. The van der Waals surface area contributed by atoms with E-state index in [4.69, 9.17) is 14.9 Å². The van der Waals surface area contributed by atoms with Gasteiger partial charge < -0.3 is 14.9 Å². The Hall–Kier alpha value is -2.33. The number of rotatable bonds is 12. The molecule has 26 heavy (non-hydrogen) atoms. The van der Waals surface area contributed by atoms with Gasteiger partial charge in [-0.1, -0.05) is 49.9 Å². The van der Waals surface area contributed by atoms with E-state index >= 15 is 0 Å². The van der Waals surface area contributed by atoms with Gasteiger partial charge in [0, 0.05) is 6.61 Å². The molecule has 0 heterocycles. The smallest absolute Gasteiger partial charge is 0.335 e. The van der Waals surface area contributed by atoms with Crippen molar-refractivity contribution in [2.24, 2.45) is 0 Å². The Morgan fingerprint density at radius 3 is 1.88 bits per heavy atom. The van der Waals surface area contributed by atoms with E-state index in [2.05, 4.69) is 12.1 Å². The molecule has 0 atom stereocenters. The van der Waals surface area contributed by atoms with Crippen molar-refractivity contribution in [1.29, 1.82) is 0 Å². The maximum Gasteiger partial charge on any atom is 0.335 e. The highest BCUT2D eigenvalue weighted by atomic mass is 16.5. The van der Waals surface area contributed by atoms with Crippen LogP contribution in [0, 0.1) is 0 Å². The van der Waals surface area contributed by atoms with E-state index in [-0.39, 0.29) is 0 Å². The van der Waals surface area contributed by atoms with E-state index in [1.54, 1.807) is 12.1 Å². The van der Waals surface area contributed by atoms with E-state index in [0.29, 0.717) is 12.2 Å². The van der Waals surface area contributed by atoms with Crippen molar-refractivity contribution in [2.45, 2.75) is 44.9 Å². The van der Waals surface area contributed by atoms with E-state index in [1.807, 2.05) is 24.3 Å². The van der Waals surface area contributed by atoms with Crippen LogP contribution in [0.1, 0.15) is 60.0 Å².